The number of ether oxygens (including phenoxy) is 2. The zero-order valence-corrected chi connectivity index (χ0v) is 22.0. The molecule has 0 bridgehead atoms. The Morgan fingerprint density at radius 2 is 1.95 bits per heavy atom. The molecule has 3 aliphatic rings. The van der Waals surface area contributed by atoms with E-state index >= 15 is 0 Å². The molecule has 3 saturated heterocycles. The van der Waals surface area contributed by atoms with Gasteiger partial charge in [-0.3, -0.25) is 24.2 Å². The summed E-state index contributed by atoms with van der Waals surface area (Å²) in [6.07, 6.45) is 3.85. The topological polar surface area (TPSA) is 117 Å². The number of carbonyl (C=O) groups excluding carboxylic acids is 4. The van der Waals surface area contributed by atoms with Crippen molar-refractivity contribution in [3.05, 3.63) is 48.2 Å². The molecule has 1 aromatic carbocycles. The summed E-state index contributed by atoms with van der Waals surface area (Å²) in [5, 5.41) is 9.02. The Morgan fingerprint density at radius 3 is 2.71 bits per heavy atom. The van der Waals surface area contributed by atoms with E-state index in [-0.39, 0.29) is 30.6 Å². The Morgan fingerprint density at radius 1 is 1.16 bits per heavy atom. The lowest BCUT2D eigenvalue weighted by molar-refractivity contribution is -0.168. The summed E-state index contributed by atoms with van der Waals surface area (Å²) in [6, 6.07) is 7.54. The molecule has 4 atom stereocenters. The number of hydrogen-bond donors (Lipinski definition) is 2. The fraction of sp³-hybridized carbons (Fsp3) is 0.571. The minimum absolute atomic E-state index is 0.0136. The fourth-order valence-electron chi connectivity index (χ4n) is 5.11. The van der Waals surface area contributed by atoms with Gasteiger partial charge in [-0.15, -0.1) is 0 Å². The SMILES string of the molecule is C=C1CC[C@H](NC(=O)CCc2ccccc2)C(=O)N2[C@H](C(=O)N[C@H]3CC(=O)OC3OCCCC)CCCN12. The van der Waals surface area contributed by atoms with Crippen molar-refractivity contribution in [2.24, 2.45) is 0 Å². The first-order chi connectivity index (χ1) is 18.4. The molecule has 2 N–H and O–H groups in total. The first kappa shape index (κ1) is 27.6. The Kier molecular flexibility index (Phi) is 9.38. The Labute approximate surface area is 223 Å². The lowest BCUT2D eigenvalue weighted by Crippen LogP contribution is -2.63. The van der Waals surface area contributed by atoms with Crippen molar-refractivity contribution < 1.29 is 28.7 Å². The van der Waals surface area contributed by atoms with E-state index in [1.807, 2.05) is 37.3 Å². The molecule has 1 unspecified atom stereocenters. The van der Waals surface area contributed by atoms with Gasteiger partial charge in [0.25, 0.3) is 5.91 Å². The van der Waals surface area contributed by atoms with E-state index in [2.05, 4.69) is 17.2 Å². The van der Waals surface area contributed by atoms with Crippen LogP contribution in [0.25, 0.3) is 0 Å². The number of hydrogen-bond acceptors (Lipinski definition) is 7. The van der Waals surface area contributed by atoms with Crippen molar-refractivity contribution in [1.82, 2.24) is 20.7 Å². The Balaban J connectivity index is 1.42. The molecule has 3 amide bonds. The number of amides is 3. The average Bonchev–Trinajstić information content (AvgIpc) is 3.22. The highest BCUT2D eigenvalue weighted by Gasteiger charge is 2.45. The van der Waals surface area contributed by atoms with E-state index < -0.39 is 30.4 Å². The van der Waals surface area contributed by atoms with Gasteiger partial charge in [-0.05, 0) is 44.1 Å². The highest BCUT2D eigenvalue weighted by atomic mass is 16.7. The van der Waals surface area contributed by atoms with Gasteiger partial charge in [-0.2, -0.15) is 0 Å². The highest BCUT2D eigenvalue weighted by Crippen LogP contribution is 2.29. The molecule has 0 aromatic heterocycles. The number of hydrazine groups is 1. The van der Waals surface area contributed by atoms with E-state index in [9.17, 15) is 19.2 Å². The minimum Gasteiger partial charge on any atom is -0.433 e. The second kappa shape index (κ2) is 12.9. The normalized spacial score (nSPS) is 25.4. The third-order valence-electron chi connectivity index (χ3n) is 7.21. The van der Waals surface area contributed by atoms with Gasteiger partial charge in [0.05, 0.1) is 13.0 Å². The van der Waals surface area contributed by atoms with Crippen molar-refractivity contribution in [2.45, 2.75) is 89.1 Å². The zero-order chi connectivity index (χ0) is 27.1. The molecule has 38 heavy (non-hydrogen) atoms. The van der Waals surface area contributed by atoms with E-state index in [0.717, 1.165) is 24.1 Å². The number of fused-ring (bicyclic) bond motifs is 1. The van der Waals surface area contributed by atoms with Crippen LogP contribution >= 0.6 is 0 Å². The largest absolute Gasteiger partial charge is 0.433 e. The van der Waals surface area contributed by atoms with Gasteiger partial charge < -0.3 is 20.1 Å². The van der Waals surface area contributed by atoms with Crippen LogP contribution in [0.4, 0.5) is 0 Å². The van der Waals surface area contributed by atoms with Crippen molar-refractivity contribution in [1.29, 1.82) is 0 Å². The molecule has 0 aliphatic carbocycles. The second-order valence-electron chi connectivity index (χ2n) is 10.1. The molecule has 0 spiro atoms. The molecule has 4 rings (SSSR count). The van der Waals surface area contributed by atoms with Crippen LogP contribution in [-0.4, -0.2) is 71.3 Å². The number of aryl methyl sites for hydroxylation is 1. The van der Waals surface area contributed by atoms with Crippen LogP contribution in [0, 0.1) is 0 Å². The van der Waals surface area contributed by atoms with E-state index in [1.165, 1.54) is 5.01 Å². The van der Waals surface area contributed by atoms with Crippen LogP contribution in [0.3, 0.4) is 0 Å². The van der Waals surface area contributed by atoms with Gasteiger partial charge in [0.2, 0.25) is 18.1 Å². The minimum atomic E-state index is -0.843. The predicted octanol–water partition coefficient (Wildman–Crippen LogP) is 2.19. The van der Waals surface area contributed by atoms with E-state index in [4.69, 9.17) is 9.47 Å². The van der Waals surface area contributed by atoms with Gasteiger partial charge in [-0.25, -0.2) is 5.01 Å². The molecule has 0 radical (unpaired) electrons. The summed E-state index contributed by atoms with van der Waals surface area (Å²) in [6.45, 7) is 7.17. The van der Waals surface area contributed by atoms with Gasteiger partial charge in [0, 0.05) is 18.7 Å². The van der Waals surface area contributed by atoms with Gasteiger partial charge in [-0.1, -0.05) is 50.3 Å². The number of nitrogens with zero attached hydrogens (tertiary/aromatic N) is 2. The lowest BCUT2D eigenvalue weighted by Gasteiger charge is -2.45. The maximum Gasteiger partial charge on any atom is 0.310 e. The summed E-state index contributed by atoms with van der Waals surface area (Å²) in [5.41, 5.74) is 1.78. The molecule has 3 fully saturated rings. The standard InChI is InChI=1S/C28H38N4O6/c1-3-4-17-37-28-22(18-25(34)38-28)30-26(35)23-11-8-16-31-19(2)12-14-21(27(36)32(23)31)29-24(33)15-13-20-9-6-5-7-10-20/h5-7,9-10,21-23,28H,2-4,8,11-18H2,1H3,(H,29,33)(H,30,35)/t21-,22-,23-,28?/m0/s1. The number of cyclic esters (lactones) is 1. The van der Waals surface area contributed by atoms with Crippen LogP contribution < -0.4 is 10.6 Å². The molecule has 3 aliphatic heterocycles. The van der Waals surface area contributed by atoms with Crippen LogP contribution in [0.5, 0.6) is 0 Å². The third kappa shape index (κ3) is 6.72. The summed E-state index contributed by atoms with van der Waals surface area (Å²) in [5.74, 6) is -1.34. The quantitative estimate of drug-likeness (QED) is 0.355. The molecule has 1 aromatic rings. The monoisotopic (exact) mass is 526 g/mol. The molecule has 206 valence electrons. The highest BCUT2D eigenvalue weighted by molar-refractivity contribution is 5.92. The number of allylic oxidation sites excluding steroid dienone is 1. The van der Waals surface area contributed by atoms with Crippen LogP contribution in [0.2, 0.25) is 0 Å². The molecular formula is C28H38N4O6. The summed E-state index contributed by atoms with van der Waals surface area (Å²) < 4.78 is 10.9. The first-order valence-electron chi connectivity index (χ1n) is 13.6. The van der Waals surface area contributed by atoms with Crippen LogP contribution in [0.1, 0.15) is 63.9 Å². The Hall–Kier alpha value is -3.40. The summed E-state index contributed by atoms with van der Waals surface area (Å²) in [7, 11) is 0. The number of esters is 1. The molecule has 3 heterocycles. The maximum atomic E-state index is 13.7. The zero-order valence-electron chi connectivity index (χ0n) is 22.0. The van der Waals surface area contributed by atoms with Crippen molar-refractivity contribution in [3.63, 3.8) is 0 Å². The maximum absolute atomic E-state index is 13.7. The number of carbonyl (C=O) groups is 4. The van der Waals surface area contributed by atoms with Crippen LogP contribution in [0.15, 0.2) is 42.6 Å². The van der Waals surface area contributed by atoms with Gasteiger partial charge in [0.15, 0.2) is 0 Å². The van der Waals surface area contributed by atoms with Crippen molar-refractivity contribution in [2.75, 3.05) is 13.2 Å². The third-order valence-corrected chi connectivity index (χ3v) is 7.21. The number of unbranched alkanes of at least 4 members (excludes halogenated alkanes) is 1. The molecule has 0 saturated carbocycles. The van der Waals surface area contributed by atoms with Crippen molar-refractivity contribution >= 4 is 23.7 Å². The molecular weight excluding hydrogens is 488 g/mol. The van der Waals surface area contributed by atoms with Gasteiger partial charge >= 0.3 is 5.97 Å². The van der Waals surface area contributed by atoms with Crippen LogP contribution in [-0.2, 0) is 35.1 Å². The fourth-order valence-corrected chi connectivity index (χ4v) is 5.11. The summed E-state index contributed by atoms with van der Waals surface area (Å²) in [4.78, 5) is 51.9. The van der Waals surface area contributed by atoms with E-state index in [0.29, 0.717) is 45.3 Å². The molecule has 10 nitrogen and oxygen atoms in total. The lowest BCUT2D eigenvalue weighted by atomic mass is 10.0. The predicted molar refractivity (Wildman–Crippen MR) is 139 cm³/mol. The Bertz CT molecular complexity index is 1030. The second-order valence-corrected chi connectivity index (χ2v) is 10.1. The first-order valence-corrected chi connectivity index (χ1v) is 13.6. The molecule has 10 heteroatoms. The number of nitrogens with one attached hydrogen (secondary N) is 2. The smallest absolute Gasteiger partial charge is 0.310 e. The number of rotatable bonds is 10. The average molecular weight is 527 g/mol. The van der Waals surface area contributed by atoms with E-state index in [1.54, 1.807) is 5.01 Å². The number of benzene rings is 1. The summed E-state index contributed by atoms with van der Waals surface area (Å²) >= 11 is 0. The van der Waals surface area contributed by atoms with Crippen molar-refractivity contribution in [3.8, 4) is 0 Å². The van der Waals surface area contributed by atoms with Gasteiger partial charge in [0.1, 0.15) is 18.1 Å².